The molecule has 0 saturated heterocycles. The molecule has 1 fully saturated rings. The number of anilines is 1. The lowest BCUT2D eigenvalue weighted by Crippen LogP contribution is -2.28. The number of carbonyl (C=O) groups is 1. The fourth-order valence-corrected chi connectivity index (χ4v) is 4.72. The largest absolute Gasteiger partial charge is 0.453 e. The van der Waals surface area contributed by atoms with Crippen LogP contribution in [0.2, 0.25) is 0 Å². The highest BCUT2D eigenvalue weighted by Gasteiger charge is 2.52. The second-order valence-corrected chi connectivity index (χ2v) is 9.93. The Bertz CT molecular complexity index is 1360. The van der Waals surface area contributed by atoms with Crippen LogP contribution in [0, 0.1) is 5.82 Å². The average molecular weight is 471 g/mol. The molecular formula is C24H23FN2O5S. The Morgan fingerprint density at radius 2 is 1.79 bits per heavy atom. The van der Waals surface area contributed by atoms with Crippen LogP contribution in [-0.2, 0) is 20.2 Å². The van der Waals surface area contributed by atoms with Crippen LogP contribution in [-0.4, -0.2) is 28.2 Å². The van der Waals surface area contributed by atoms with Crippen molar-refractivity contribution in [3.63, 3.8) is 0 Å². The van der Waals surface area contributed by atoms with E-state index in [1.807, 2.05) is 18.2 Å². The maximum atomic E-state index is 14.4. The normalized spacial score (nSPS) is 15.8. The Labute approximate surface area is 192 Å². The summed E-state index contributed by atoms with van der Waals surface area (Å²) in [4.78, 5) is 13.3. The standard InChI is InChI=1S/C24H21FN2O5S.H2/c1-26-33(29,30)19-7-5-15(6-8-19)16-3-2-4-18(11-16)27-23(28)24(9-10-24)17-12-20(25)22-21(13-17)31-14-32-22;/h2-8,11-13,26H,9-10,14H2,1H3,(H,27,28);1H. The fourth-order valence-electron chi connectivity index (χ4n) is 3.99. The van der Waals surface area contributed by atoms with Gasteiger partial charge in [0, 0.05) is 7.11 Å². The molecule has 1 aliphatic heterocycles. The van der Waals surface area contributed by atoms with Crippen molar-refractivity contribution in [3.8, 4) is 22.6 Å². The number of benzene rings is 3. The molecule has 7 nitrogen and oxygen atoms in total. The summed E-state index contributed by atoms with van der Waals surface area (Å²) >= 11 is 0. The number of halogens is 1. The first-order valence-corrected chi connectivity index (χ1v) is 11.9. The first-order valence-electron chi connectivity index (χ1n) is 10.4. The molecule has 0 unspecified atom stereocenters. The third kappa shape index (κ3) is 3.83. The molecule has 0 aromatic heterocycles. The molecule has 0 radical (unpaired) electrons. The number of fused-ring (bicyclic) bond motifs is 1. The number of sulfonamides is 1. The van der Waals surface area contributed by atoms with Crippen LogP contribution in [0.15, 0.2) is 65.6 Å². The average Bonchev–Trinajstić information content (AvgIpc) is 3.50. The van der Waals surface area contributed by atoms with Gasteiger partial charge in [-0.25, -0.2) is 17.5 Å². The first-order chi connectivity index (χ1) is 15.8. The van der Waals surface area contributed by atoms with Gasteiger partial charge in [-0.15, -0.1) is 0 Å². The van der Waals surface area contributed by atoms with E-state index in [0.717, 1.165) is 11.1 Å². The Morgan fingerprint density at radius 3 is 2.48 bits per heavy atom. The molecule has 5 rings (SSSR count). The van der Waals surface area contributed by atoms with Crippen molar-refractivity contribution in [3.05, 3.63) is 72.0 Å². The van der Waals surface area contributed by atoms with Crippen molar-refractivity contribution in [2.45, 2.75) is 23.2 Å². The molecule has 3 aromatic rings. The summed E-state index contributed by atoms with van der Waals surface area (Å²) < 4.78 is 51.0. The van der Waals surface area contributed by atoms with E-state index in [0.29, 0.717) is 29.8 Å². The molecule has 9 heteroatoms. The maximum absolute atomic E-state index is 14.4. The van der Waals surface area contributed by atoms with Gasteiger partial charge in [0.1, 0.15) is 0 Å². The van der Waals surface area contributed by atoms with Gasteiger partial charge >= 0.3 is 0 Å². The van der Waals surface area contributed by atoms with E-state index in [1.54, 1.807) is 24.3 Å². The number of amides is 1. The lowest BCUT2D eigenvalue weighted by molar-refractivity contribution is -0.118. The van der Waals surface area contributed by atoms with Gasteiger partial charge in [0.05, 0.1) is 10.3 Å². The first kappa shape index (κ1) is 21.4. The number of nitrogens with one attached hydrogen (secondary N) is 2. The van der Waals surface area contributed by atoms with Crippen LogP contribution >= 0.6 is 0 Å². The fraction of sp³-hybridized carbons (Fsp3) is 0.208. The second-order valence-electron chi connectivity index (χ2n) is 8.04. The van der Waals surface area contributed by atoms with Crippen LogP contribution in [0.3, 0.4) is 0 Å². The molecule has 1 saturated carbocycles. The molecular weight excluding hydrogens is 447 g/mol. The molecule has 33 heavy (non-hydrogen) atoms. The molecule has 1 aliphatic carbocycles. The molecule has 172 valence electrons. The SMILES string of the molecule is CNS(=O)(=O)c1ccc(-c2cccc(NC(=O)C3(c4cc(F)c5c(c4)OCO5)CC3)c2)cc1.[HH]. The highest BCUT2D eigenvalue weighted by atomic mass is 32.2. The molecule has 3 aromatic carbocycles. The van der Waals surface area contributed by atoms with Gasteiger partial charge in [0.25, 0.3) is 0 Å². The number of hydrogen-bond acceptors (Lipinski definition) is 5. The molecule has 0 bridgehead atoms. The number of carbonyl (C=O) groups excluding carboxylic acids is 1. The van der Waals surface area contributed by atoms with E-state index in [4.69, 9.17) is 9.47 Å². The van der Waals surface area contributed by atoms with Crippen molar-refractivity contribution in [1.82, 2.24) is 4.72 Å². The predicted molar refractivity (Wildman–Crippen MR) is 122 cm³/mol. The van der Waals surface area contributed by atoms with Gasteiger partial charge in [-0.1, -0.05) is 24.3 Å². The summed E-state index contributed by atoms with van der Waals surface area (Å²) in [6.07, 6.45) is 1.22. The van der Waals surface area contributed by atoms with E-state index in [1.165, 1.54) is 25.2 Å². The predicted octanol–water partition coefficient (Wildman–Crippen LogP) is 4.05. The van der Waals surface area contributed by atoms with E-state index in [-0.39, 0.29) is 24.8 Å². The third-order valence-electron chi connectivity index (χ3n) is 6.05. The van der Waals surface area contributed by atoms with Crippen LogP contribution in [0.4, 0.5) is 10.1 Å². The number of hydrogen-bond donors (Lipinski definition) is 2. The van der Waals surface area contributed by atoms with Crippen molar-refractivity contribution in [2.24, 2.45) is 0 Å². The molecule has 2 aliphatic rings. The van der Waals surface area contributed by atoms with Crippen molar-refractivity contribution in [2.75, 3.05) is 19.2 Å². The summed E-state index contributed by atoms with van der Waals surface area (Å²) in [7, 11) is -2.15. The molecule has 0 atom stereocenters. The Morgan fingerprint density at radius 1 is 1.03 bits per heavy atom. The van der Waals surface area contributed by atoms with Gasteiger partial charge in [-0.3, -0.25) is 4.79 Å². The van der Waals surface area contributed by atoms with Gasteiger partial charge in [0.2, 0.25) is 28.5 Å². The van der Waals surface area contributed by atoms with Crippen LogP contribution < -0.4 is 19.5 Å². The highest BCUT2D eigenvalue weighted by Crippen LogP contribution is 2.51. The Balaban J connectivity index is 0.00000274. The zero-order chi connectivity index (χ0) is 23.2. The highest BCUT2D eigenvalue weighted by molar-refractivity contribution is 7.89. The Hall–Kier alpha value is -3.43. The summed E-state index contributed by atoms with van der Waals surface area (Å²) in [5.41, 5.74) is 1.98. The van der Waals surface area contributed by atoms with Crippen molar-refractivity contribution in [1.29, 1.82) is 0 Å². The maximum Gasteiger partial charge on any atom is 0.240 e. The minimum absolute atomic E-state index is 0. The molecule has 1 heterocycles. The monoisotopic (exact) mass is 470 g/mol. The van der Waals surface area contributed by atoms with Gasteiger partial charge in [-0.05, 0) is 73.0 Å². The van der Waals surface area contributed by atoms with Crippen molar-refractivity contribution >= 4 is 21.6 Å². The van der Waals surface area contributed by atoms with Crippen LogP contribution in [0.5, 0.6) is 11.5 Å². The molecule has 2 N–H and O–H groups in total. The van der Waals surface area contributed by atoms with Gasteiger partial charge < -0.3 is 14.8 Å². The number of rotatable bonds is 6. The minimum Gasteiger partial charge on any atom is -0.453 e. The smallest absolute Gasteiger partial charge is 0.240 e. The topological polar surface area (TPSA) is 93.7 Å². The third-order valence-corrected chi connectivity index (χ3v) is 7.48. The summed E-state index contributed by atoms with van der Waals surface area (Å²) in [6.45, 7) is -0.0381. The van der Waals surface area contributed by atoms with Crippen LogP contribution in [0.25, 0.3) is 11.1 Å². The summed E-state index contributed by atoms with van der Waals surface area (Å²) in [6, 6.07) is 16.8. The van der Waals surface area contributed by atoms with Gasteiger partial charge in [-0.2, -0.15) is 0 Å². The van der Waals surface area contributed by atoms with E-state index < -0.39 is 21.3 Å². The molecule has 1 amide bonds. The summed E-state index contributed by atoms with van der Waals surface area (Å²) in [5.74, 6) is -0.357. The second kappa shape index (κ2) is 7.86. The quantitative estimate of drug-likeness (QED) is 0.567. The van der Waals surface area contributed by atoms with Gasteiger partial charge in [0.15, 0.2) is 11.6 Å². The lowest BCUT2D eigenvalue weighted by atomic mass is 9.94. The lowest BCUT2D eigenvalue weighted by Gasteiger charge is -2.17. The van der Waals surface area contributed by atoms with Crippen molar-refractivity contribution < 1.29 is 28.5 Å². The summed E-state index contributed by atoms with van der Waals surface area (Å²) in [5, 5.41) is 2.95. The Kier molecular flexibility index (Phi) is 5.10. The van der Waals surface area contributed by atoms with E-state index in [9.17, 15) is 17.6 Å². The number of ether oxygens (including phenoxy) is 2. The molecule has 0 spiro atoms. The van der Waals surface area contributed by atoms with E-state index in [2.05, 4.69) is 10.0 Å². The zero-order valence-corrected chi connectivity index (χ0v) is 18.5. The minimum atomic E-state index is -3.51. The zero-order valence-electron chi connectivity index (χ0n) is 17.7. The van der Waals surface area contributed by atoms with E-state index >= 15 is 0 Å². The van der Waals surface area contributed by atoms with Crippen LogP contribution in [0.1, 0.15) is 19.8 Å².